The van der Waals surface area contributed by atoms with Crippen LogP contribution in [0.5, 0.6) is 5.88 Å². The van der Waals surface area contributed by atoms with Gasteiger partial charge in [0.25, 0.3) is 11.8 Å². The second-order valence-corrected chi connectivity index (χ2v) is 4.77. The lowest BCUT2D eigenvalue weighted by molar-refractivity contribution is -0.132. The average molecular weight is 280 g/mol. The molecule has 1 aromatic heterocycles. The molecule has 20 heavy (non-hydrogen) atoms. The van der Waals surface area contributed by atoms with Gasteiger partial charge >= 0.3 is 0 Å². The highest BCUT2D eigenvalue weighted by atomic mass is 16.5. The van der Waals surface area contributed by atoms with Gasteiger partial charge in [-0.25, -0.2) is 9.97 Å². The Bertz CT molecular complexity index is 467. The van der Waals surface area contributed by atoms with E-state index in [-0.39, 0.29) is 12.0 Å². The lowest BCUT2D eigenvalue weighted by atomic mass is 10.2. The number of aromatic nitrogens is 2. The molecule has 1 fully saturated rings. The van der Waals surface area contributed by atoms with E-state index in [1.165, 1.54) is 0 Å². The van der Waals surface area contributed by atoms with Crippen LogP contribution in [0.4, 0.5) is 5.82 Å². The van der Waals surface area contributed by atoms with Gasteiger partial charge in [0.15, 0.2) is 11.9 Å². The van der Waals surface area contributed by atoms with Crippen LogP contribution < -0.4 is 15.0 Å². The van der Waals surface area contributed by atoms with Gasteiger partial charge in [-0.1, -0.05) is 0 Å². The highest BCUT2D eigenvalue weighted by Crippen LogP contribution is 2.25. The normalized spacial score (nSPS) is 19.0. The van der Waals surface area contributed by atoms with Crippen molar-refractivity contribution in [2.75, 3.05) is 31.6 Å². The van der Waals surface area contributed by atoms with Crippen LogP contribution in [0.15, 0.2) is 12.4 Å². The lowest BCUT2D eigenvalue weighted by Crippen LogP contribution is -2.49. The Morgan fingerprint density at radius 3 is 2.95 bits per heavy atom. The van der Waals surface area contributed by atoms with E-state index in [0.29, 0.717) is 31.4 Å². The first-order chi connectivity index (χ1) is 9.61. The first-order valence-electron chi connectivity index (χ1n) is 6.67. The Morgan fingerprint density at radius 1 is 1.50 bits per heavy atom. The fraction of sp³-hybridized carbons (Fsp3) is 0.615. The summed E-state index contributed by atoms with van der Waals surface area (Å²) in [4.78, 5) is 22.2. The Morgan fingerprint density at radius 2 is 2.25 bits per heavy atom. The van der Waals surface area contributed by atoms with Crippen LogP contribution in [0.3, 0.4) is 0 Å². The Hall–Kier alpha value is -1.89. The van der Waals surface area contributed by atoms with Crippen LogP contribution in [0.25, 0.3) is 0 Å². The molecule has 110 valence electrons. The molecule has 0 spiro atoms. The van der Waals surface area contributed by atoms with Crippen LogP contribution in [0.2, 0.25) is 0 Å². The molecule has 1 aliphatic heterocycles. The fourth-order valence-electron chi connectivity index (χ4n) is 2.00. The molecule has 1 aliphatic rings. The van der Waals surface area contributed by atoms with E-state index in [2.05, 4.69) is 15.3 Å². The summed E-state index contributed by atoms with van der Waals surface area (Å²) in [7, 11) is 1.60. The number of nitrogens with zero attached hydrogens (tertiary/aromatic N) is 3. The number of carbonyl (C=O) groups excluding carboxylic acids is 1. The second-order valence-electron chi connectivity index (χ2n) is 4.77. The molecule has 1 N–H and O–H groups in total. The van der Waals surface area contributed by atoms with Gasteiger partial charge in [0.05, 0.1) is 19.3 Å². The van der Waals surface area contributed by atoms with Gasteiger partial charge in [0.1, 0.15) is 0 Å². The number of amides is 1. The van der Waals surface area contributed by atoms with Crippen molar-refractivity contribution >= 4 is 11.7 Å². The third kappa shape index (κ3) is 3.36. The number of likely N-dealkylation sites (N-methyl/N-ethyl adjacent to an activating group) is 1. The average Bonchev–Trinajstić information content (AvgIpc) is 2.46. The van der Waals surface area contributed by atoms with Crippen LogP contribution in [0.1, 0.15) is 13.8 Å². The van der Waals surface area contributed by atoms with Gasteiger partial charge < -0.3 is 19.7 Å². The molecule has 1 unspecified atom stereocenters. The van der Waals surface area contributed by atoms with Crippen molar-refractivity contribution in [1.82, 2.24) is 15.3 Å². The summed E-state index contributed by atoms with van der Waals surface area (Å²) in [6.07, 6.45) is 2.73. The number of carbonyl (C=O) groups is 1. The molecule has 0 aromatic carbocycles. The van der Waals surface area contributed by atoms with E-state index >= 15 is 0 Å². The summed E-state index contributed by atoms with van der Waals surface area (Å²) >= 11 is 0. The van der Waals surface area contributed by atoms with Crippen molar-refractivity contribution in [1.29, 1.82) is 0 Å². The summed E-state index contributed by atoms with van der Waals surface area (Å²) < 4.78 is 11.1. The number of ether oxygens (including phenoxy) is 2. The molecule has 0 saturated carbocycles. The van der Waals surface area contributed by atoms with Crippen molar-refractivity contribution in [2.24, 2.45) is 0 Å². The Kier molecular flexibility index (Phi) is 4.73. The van der Waals surface area contributed by atoms with Gasteiger partial charge in [0.2, 0.25) is 0 Å². The molecule has 0 bridgehead atoms. The molecule has 1 aromatic rings. The molecule has 1 saturated heterocycles. The number of anilines is 1. The highest BCUT2D eigenvalue weighted by molar-refractivity contribution is 5.81. The van der Waals surface area contributed by atoms with Gasteiger partial charge in [-0.05, 0) is 13.8 Å². The summed E-state index contributed by atoms with van der Waals surface area (Å²) in [6.45, 7) is 5.43. The van der Waals surface area contributed by atoms with Gasteiger partial charge in [-0.2, -0.15) is 0 Å². The molecule has 7 heteroatoms. The Balaban J connectivity index is 2.16. The zero-order valence-corrected chi connectivity index (χ0v) is 12.0. The first kappa shape index (κ1) is 14.5. The number of morpholine rings is 1. The van der Waals surface area contributed by atoms with Crippen molar-refractivity contribution in [3.05, 3.63) is 12.4 Å². The minimum absolute atomic E-state index is 0.0150. The number of rotatable bonds is 4. The number of nitrogens with one attached hydrogen (secondary N) is 1. The summed E-state index contributed by atoms with van der Waals surface area (Å²) in [5.41, 5.74) is 0. The predicted octanol–water partition coefficient (Wildman–Crippen LogP) is 0.215. The highest BCUT2D eigenvalue weighted by Gasteiger charge is 2.28. The zero-order valence-electron chi connectivity index (χ0n) is 12.0. The van der Waals surface area contributed by atoms with E-state index in [4.69, 9.17) is 9.47 Å². The second kappa shape index (κ2) is 6.51. The molecular weight excluding hydrogens is 260 g/mol. The number of hydrogen-bond donors (Lipinski definition) is 1. The minimum atomic E-state index is -0.498. The van der Waals surface area contributed by atoms with E-state index in [1.807, 2.05) is 18.7 Å². The maximum atomic E-state index is 11.7. The number of hydrogen-bond acceptors (Lipinski definition) is 6. The maximum absolute atomic E-state index is 11.7. The van der Waals surface area contributed by atoms with Gasteiger partial charge in [0, 0.05) is 26.0 Å². The fourth-order valence-corrected chi connectivity index (χ4v) is 2.00. The molecule has 1 atom stereocenters. The topological polar surface area (TPSA) is 76.6 Å². The van der Waals surface area contributed by atoms with Gasteiger partial charge in [-0.15, -0.1) is 0 Å². The maximum Gasteiger partial charge on any atom is 0.257 e. The zero-order chi connectivity index (χ0) is 14.5. The summed E-state index contributed by atoms with van der Waals surface area (Å²) in [6, 6.07) is 0. The van der Waals surface area contributed by atoms with Crippen molar-refractivity contribution < 1.29 is 14.3 Å². The largest absolute Gasteiger partial charge is 0.472 e. The SMILES string of the molecule is CNC(=O)C1CN(c2nccnc2OC(C)C)CCO1. The van der Waals surface area contributed by atoms with Gasteiger partial charge in [-0.3, -0.25) is 4.79 Å². The molecular formula is C13H20N4O3. The van der Waals surface area contributed by atoms with Crippen molar-refractivity contribution in [3.8, 4) is 5.88 Å². The van der Waals surface area contributed by atoms with Crippen LogP contribution in [0, 0.1) is 0 Å². The monoisotopic (exact) mass is 280 g/mol. The first-order valence-corrected chi connectivity index (χ1v) is 6.67. The van der Waals surface area contributed by atoms with Crippen molar-refractivity contribution in [3.63, 3.8) is 0 Å². The summed E-state index contributed by atoms with van der Waals surface area (Å²) in [5.74, 6) is 1.00. The van der Waals surface area contributed by atoms with Crippen LogP contribution in [-0.2, 0) is 9.53 Å². The van der Waals surface area contributed by atoms with Crippen molar-refractivity contribution in [2.45, 2.75) is 26.1 Å². The summed E-state index contributed by atoms with van der Waals surface area (Å²) in [5, 5.41) is 2.60. The standard InChI is InChI=1S/C13H20N4O3/c1-9(2)20-13-11(15-4-5-16-13)17-6-7-19-10(8-17)12(18)14-3/h4-5,9-10H,6-8H2,1-3H3,(H,14,18). The predicted molar refractivity (Wildman–Crippen MR) is 73.8 cm³/mol. The molecule has 0 aliphatic carbocycles. The third-order valence-corrected chi connectivity index (χ3v) is 2.90. The van der Waals surface area contributed by atoms with Crippen LogP contribution >= 0.6 is 0 Å². The molecule has 2 heterocycles. The molecule has 2 rings (SSSR count). The quantitative estimate of drug-likeness (QED) is 0.850. The smallest absolute Gasteiger partial charge is 0.257 e. The van der Waals surface area contributed by atoms with E-state index in [9.17, 15) is 4.79 Å². The van der Waals surface area contributed by atoms with Crippen LogP contribution in [-0.4, -0.2) is 54.8 Å². The van der Waals surface area contributed by atoms with E-state index < -0.39 is 6.10 Å². The minimum Gasteiger partial charge on any atom is -0.472 e. The molecule has 7 nitrogen and oxygen atoms in total. The van der Waals surface area contributed by atoms with E-state index in [1.54, 1.807) is 19.4 Å². The van der Waals surface area contributed by atoms with E-state index in [0.717, 1.165) is 0 Å². The Labute approximate surface area is 118 Å². The third-order valence-electron chi connectivity index (χ3n) is 2.90. The molecule has 1 amide bonds. The molecule has 0 radical (unpaired) electrons. The lowest BCUT2D eigenvalue weighted by Gasteiger charge is -2.33.